The second-order valence-electron chi connectivity index (χ2n) is 5.47. The predicted molar refractivity (Wildman–Crippen MR) is 84.3 cm³/mol. The summed E-state index contributed by atoms with van der Waals surface area (Å²) < 4.78 is 0. The second-order valence-corrected chi connectivity index (χ2v) is 5.47. The van der Waals surface area contributed by atoms with E-state index in [1.807, 2.05) is 6.07 Å². The smallest absolute Gasteiger partial charge is 0.319 e. The number of nitrogens with one attached hydrogen (secondary N) is 2. The molecular formula is C15H20N6O2. The third-order valence-electron chi connectivity index (χ3n) is 3.76. The van der Waals surface area contributed by atoms with E-state index in [4.69, 9.17) is 11.0 Å². The molecule has 0 spiro atoms. The summed E-state index contributed by atoms with van der Waals surface area (Å²) >= 11 is 0. The van der Waals surface area contributed by atoms with E-state index in [1.54, 1.807) is 6.07 Å². The Balaban J connectivity index is 1.70. The first kappa shape index (κ1) is 16.7. The van der Waals surface area contributed by atoms with E-state index >= 15 is 0 Å². The molecule has 0 unspecified atom stereocenters. The minimum Gasteiger partial charge on any atom is -0.369 e. The van der Waals surface area contributed by atoms with Gasteiger partial charge in [-0.15, -0.1) is 0 Å². The SMILES string of the molecule is N#Cc1ccc(NC(=O)NCCN2CCC[C@H](C(N)=O)C2)cn1. The number of amides is 3. The number of carbonyl (C=O) groups is 2. The van der Waals surface area contributed by atoms with E-state index in [2.05, 4.69) is 20.5 Å². The topological polar surface area (TPSA) is 124 Å². The standard InChI is InChI=1S/C15H20N6O2/c16-8-12-3-4-13(9-19-12)20-15(23)18-5-7-21-6-1-2-11(10-21)14(17)22/h3-4,9,11H,1-2,5-7,10H2,(H2,17,22)(H2,18,20,23)/t11-/m0/s1. The number of urea groups is 1. The molecule has 0 saturated carbocycles. The number of nitriles is 1. The summed E-state index contributed by atoms with van der Waals surface area (Å²) in [4.78, 5) is 29.0. The molecule has 1 fully saturated rings. The summed E-state index contributed by atoms with van der Waals surface area (Å²) in [5.41, 5.74) is 6.16. The Labute approximate surface area is 134 Å². The first-order valence-corrected chi connectivity index (χ1v) is 7.51. The molecule has 0 radical (unpaired) electrons. The summed E-state index contributed by atoms with van der Waals surface area (Å²) in [6.07, 6.45) is 3.21. The molecule has 0 bridgehead atoms. The largest absolute Gasteiger partial charge is 0.369 e. The van der Waals surface area contributed by atoms with Gasteiger partial charge in [0.2, 0.25) is 5.91 Å². The van der Waals surface area contributed by atoms with Crippen LogP contribution in [-0.4, -0.2) is 48.0 Å². The van der Waals surface area contributed by atoms with Crippen LogP contribution in [0.2, 0.25) is 0 Å². The van der Waals surface area contributed by atoms with Crippen molar-refractivity contribution in [1.29, 1.82) is 5.26 Å². The van der Waals surface area contributed by atoms with Crippen LogP contribution in [0, 0.1) is 17.2 Å². The molecule has 0 aliphatic carbocycles. The molecule has 2 heterocycles. The van der Waals surface area contributed by atoms with Gasteiger partial charge in [-0.3, -0.25) is 4.79 Å². The van der Waals surface area contributed by atoms with Crippen LogP contribution >= 0.6 is 0 Å². The van der Waals surface area contributed by atoms with Crippen LogP contribution in [0.4, 0.5) is 10.5 Å². The maximum atomic E-state index is 11.8. The highest BCUT2D eigenvalue weighted by atomic mass is 16.2. The van der Waals surface area contributed by atoms with Crippen molar-refractivity contribution in [3.8, 4) is 6.07 Å². The summed E-state index contributed by atoms with van der Waals surface area (Å²) in [5, 5.41) is 14.1. The Morgan fingerprint density at radius 1 is 1.48 bits per heavy atom. The van der Waals surface area contributed by atoms with Gasteiger partial charge in [-0.05, 0) is 31.5 Å². The summed E-state index contributed by atoms with van der Waals surface area (Å²) in [6.45, 7) is 2.70. The molecule has 0 aromatic carbocycles. The molecule has 8 nitrogen and oxygen atoms in total. The molecule has 23 heavy (non-hydrogen) atoms. The van der Waals surface area contributed by atoms with Gasteiger partial charge in [-0.1, -0.05) is 0 Å². The van der Waals surface area contributed by atoms with Crippen LogP contribution in [0.15, 0.2) is 18.3 Å². The maximum absolute atomic E-state index is 11.8. The number of hydrogen-bond acceptors (Lipinski definition) is 5. The number of carbonyl (C=O) groups excluding carboxylic acids is 2. The Morgan fingerprint density at radius 2 is 2.30 bits per heavy atom. The van der Waals surface area contributed by atoms with Crippen LogP contribution in [0.1, 0.15) is 18.5 Å². The Hall–Kier alpha value is -2.66. The average Bonchev–Trinajstić information content (AvgIpc) is 2.56. The van der Waals surface area contributed by atoms with Crippen LogP contribution in [-0.2, 0) is 4.79 Å². The first-order valence-electron chi connectivity index (χ1n) is 7.51. The van der Waals surface area contributed by atoms with Gasteiger partial charge < -0.3 is 21.3 Å². The Kier molecular flexibility index (Phi) is 5.88. The summed E-state index contributed by atoms with van der Waals surface area (Å²) in [6, 6.07) is 4.73. The van der Waals surface area contributed by atoms with Crippen LogP contribution < -0.4 is 16.4 Å². The second kappa shape index (κ2) is 8.10. The number of nitrogens with two attached hydrogens (primary N) is 1. The quantitative estimate of drug-likeness (QED) is 0.719. The molecule has 4 N–H and O–H groups in total. The number of nitrogens with zero attached hydrogens (tertiary/aromatic N) is 3. The first-order chi connectivity index (χ1) is 11.1. The van der Waals surface area contributed by atoms with Gasteiger partial charge in [-0.25, -0.2) is 9.78 Å². The number of aromatic nitrogens is 1. The molecule has 8 heteroatoms. The van der Waals surface area contributed by atoms with E-state index in [9.17, 15) is 9.59 Å². The lowest BCUT2D eigenvalue weighted by atomic mass is 9.97. The van der Waals surface area contributed by atoms with Gasteiger partial charge in [0.15, 0.2) is 0 Å². The van der Waals surface area contributed by atoms with Crippen LogP contribution in [0.25, 0.3) is 0 Å². The fraction of sp³-hybridized carbons (Fsp3) is 0.467. The van der Waals surface area contributed by atoms with Crippen molar-refractivity contribution in [3.05, 3.63) is 24.0 Å². The van der Waals surface area contributed by atoms with Gasteiger partial charge in [0.05, 0.1) is 17.8 Å². The average molecular weight is 316 g/mol. The molecule has 1 atom stereocenters. The Morgan fingerprint density at radius 3 is 2.96 bits per heavy atom. The fourth-order valence-electron chi connectivity index (χ4n) is 2.53. The van der Waals surface area contributed by atoms with Crippen molar-refractivity contribution in [3.63, 3.8) is 0 Å². The number of piperidine rings is 1. The number of likely N-dealkylation sites (tertiary alicyclic amines) is 1. The number of hydrogen-bond donors (Lipinski definition) is 3. The van der Waals surface area contributed by atoms with Crippen LogP contribution in [0.5, 0.6) is 0 Å². The van der Waals surface area contributed by atoms with E-state index in [1.165, 1.54) is 12.3 Å². The molecule has 122 valence electrons. The monoisotopic (exact) mass is 316 g/mol. The minimum absolute atomic E-state index is 0.0951. The van der Waals surface area contributed by atoms with Gasteiger partial charge in [-0.2, -0.15) is 5.26 Å². The lowest BCUT2D eigenvalue weighted by molar-refractivity contribution is -0.123. The molecule has 1 aliphatic rings. The van der Waals surface area contributed by atoms with Crippen molar-refractivity contribution >= 4 is 17.6 Å². The number of anilines is 1. The number of primary amides is 1. The van der Waals surface area contributed by atoms with Gasteiger partial charge >= 0.3 is 6.03 Å². The highest BCUT2D eigenvalue weighted by Crippen LogP contribution is 2.15. The van der Waals surface area contributed by atoms with Crippen LogP contribution in [0.3, 0.4) is 0 Å². The van der Waals surface area contributed by atoms with E-state index < -0.39 is 0 Å². The number of rotatable bonds is 5. The van der Waals surface area contributed by atoms with Crippen molar-refractivity contribution in [2.75, 3.05) is 31.5 Å². The molecule has 1 aromatic heterocycles. The molecule has 1 aliphatic heterocycles. The molecule has 1 saturated heterocycles. The van der Waals surface area contributed by atoms with Gasteiger partial charge in [0.25, 0.3) is 0 Å². The zero-order valence-corrected chi connectivity index (χ0v) is 12.8. The van der Waals surface area contributed by atoms with Gasteiger partial charge in [0.1, 0.15) is 11.8 Å². The molecule has 3 amide bonds. The normalized spacial score (nSPS) is 18.0. The molecule has 2 rings (SSSR count). The fourth-order valence-corrected chi connectivity index (χ4v) is 2.53. The summed E-state index contributed by atoms with van der Waals surface area (Å²) in [7, 11) is 0. The zero-order valence-electron chi connectivity index (χ0n) is 12.8. The zero-order chi connectivity index (χ0) is 16.7. The van der Waals surface area contributed by atoms with E-state index in [-0.39, 0.29) is 17.9 Å². The third-order valence-corrected chi connectivity index (χ3v) is 3.76. The molecular weight excluding hydrogens is 296 g/mol. The lowest BCUT2D eigenvalue weighted by Gasteiger charge is -2.31. The highest BCUT2D eigenvalue weighted by molar-refractivity contribution is 5.89. The Bertz CT molecular complexity index is 595. The van der Waals surface area contributed by atoms with Crippen molar-refractivity contribution in [1.82, 2.24) is 15.2 Å². The third kappa shape index (κ3) is 5.23. The van der Waals surface area contributed by atoms with Crippen molar-refractivity contribution in [2.45, 2.75) is 12.8 Å². The molecule has 1 aromatic rings. The summed E-state index contributed by atoms with van der Waals surface area (Å²) in [5.74, 6) is -0.351. The number of pyridine rings is 1. The van der Waals surface area contributed by atoms with E-state index in [0.717, 1.165) is 19.4 Å². The van der Waals surface area contributed by atoms with Crippen molar-refractivity contribution in [2.24, 2.45) is 11.7 Å². The van der Waals surface area contributed by atoms with Gasteiger partial charge in [0, 0.05) is 19.6 Å². The lowest BCUT2D eigenvalue weighted by Crippen LogP contribution is -2.44. The maximum Gasteiger partial charge on any atom is 0.319 e. The minimum atomic E-state index is -0.333. The highest BCUT2D eigenvalue weighted by Gasteiger charge is 2.23. The predicted octanol–water partition coefficient (Wildman–Crippen LogP) is 0.272. The van der Waals surface area contributed by atoms with E-state index in [0.29, 0.717) is 31.0 Å². The van der Waals surface area contributed by atoms with Crippen molar-refractivity contribution < 1.29 is 9.59 Å².